The first-order chi connectivity index (χ1) is 11.7. The SMILES string of the molecule is CN(CCN1CCCC1)C(=O)Cc1ccc(-c2ccccc2)cc1. The van der Waals surface area contributed by atoms with Gasteiger partial charge in [-0.1, -0.05) is 54.6 Å². The summed E-state index contributed by atoms with van der Waals surface area (Å²) in [7, 11) is 1.91. The van der Waals surface area contributed by atoms with E-state index in [1.54, 1.807) is 0 Å². The molecule has 0 unspecified atom stereocenters. The molecule has 1 aliphatic heterocycles. The summed E-state index contributed by atoms with van der Waals surface area (Å²) in [6.45, 7) is 4.18. The predicted molar refractivity (Wildman–Crippen MR) is 98.9 cm³/mol. The van der Waals surface area contributed by atoms with Gasteiger partial charge in [0.05, 0.1) is 6.42 Å². The predicted octanol–water partition coefficient (Wildman–Crippen LogP) is 3.45. The number of likely N-dealkylation sites (tertiary alicyclic amines) is 1. The van der Waals surface area contributed by atoms with Crippen molar-refractivity contribution in [3.63, 3.8) is 0 Å². The first-order valence-electron chi connectivity index (χ1n) is 8.83. The van der Waals surface area contributed by atoms with Crippen LogP contribution >= 0.6 is 0 Å². The zero-order valence-electron chi connectivity index (χ0n) is 14.4. The van der Waals surface area contributed by atoms with Gasteiger partial charge in [-0.15, -0.1) is 0 Å². The largest absolute Gasteiger partial charge is 0.344 e. The smallest absolute Gasteiger partial charge is 0.226 e. The Morgan fingerprint density at radius 1 is 0.958 bits per heavy atom. The molecular formula is C21H26N2O. The lowest BCUT2D eigenvalue weighted by Gasteiger charge is -2.21. The van der Waals surface area contributed by atoms with Crippen LogP contribution in [0.4, 0.5) is 0 Å². The first kappa shape index (κ1) is 16.7. The van der Waals surface area contributed by atoms with Crippen molar-refractivity contribution in [2.45, 2.75) is 19.3 Å². The van der Waals surface area contributed by atoms with E-state index in [0.717, 1.165) is 18.7 Å². The summed E-state index contributed by atoms with van der Waals surface area (Å²) >= 11 is 0. The Labute approximate surface area is 144 Å². The Balaban J connectivity index is 1.52. The second kappa shape index (κ2) is 8.11. The third kappa shape index (κ3) is 4.45. The highest BCUT2D eigenvalue weighted by Crippen LogP contribution is 2.19. The Bertz CT molecular complexity index is 645. The fourth-order valence-electron chi connectivity index (χ4n) is 3.18. The van der Waals surface area contributed by atoms with Crippen molar-refractivity contribution in [1.29, 1.82) is 0 Å². The van der Waals surface area contributed by atoms with Crippen LogP contribution in [0.5, 0.6) is 0 Å². The lowest BCUT2D eigenvalue weighted by molar-refractivity contribution is -0.129. The molecule has 3 nitrogen and oxygen atoms in total. The Kier molecular flexibility index (Phi) is 5.65. The van der Waals surface area contributed by atoms with Gasteiger partial charge in [-0.05, 0) is 42.6 Å². The highest BCUT2D eigenvalue weighted by Gasteiger charge is 2.14. The summed E-state index contributed by atoms with van der Waals surface area (Å²) in [5.41, 5.74) is 3.47. The number of rotatable bonds is 6. The van der Waals surface area contributed by atoms with E-state index in [0.29, 0.717) is 6.42 Å². The fraction of sp³-hybridized carbons (Fsp3) is 0.381. The van der Waals surface area contributed by atoms with Crippen LogP contribution in [0.15, 0.2) is 54.6 Å². The van der Waals surface area contributed by atoms with Gasteiger partial charge >= 0.3 is 0 Å². The van der Waals surface area contributed by atoms with E-state index in [-0.39, 0.29) is 5.91 Å². The molecule has 0 atom stereocenters. The molecule has 2 aromatic carbocycles. The van der Waals surface area contributed by atoms with E-state index in [1.165, 1.54) is 37.1 Å². The van der Waals surface area contributed by atoms with Crippen LogP contribution in [0.3, 0.4) is 0 Å². The number of amides is 1. The third-order valence-corrected chi connectivity index (χ3v) is 4.79. The highest BCUT2D eigenvalue weighted by atomic mass is 16.2. The molecule has 1 heterocycles. The van der Waals surface area contributed by atoms with Crippen molar-refractivity contribution >= 4 is 5.91 Å². The summed E-state index contributed by atoms with van der Waals surface area (Å²) in [4.78, 5) is 16.7. The van der Waals surface area contributed by atoms with E-state index in [2.05, 4.69) is 41.3 Å². The van der Waals surface area contributed by atoms with Crippen LogP contribution in [-0.2, 0) is 11.2 Å². The maximum atomic E-state index is 12.4. The number of hydrogen-bond donors (Lipinski definition) is 0. The first-order valence-corrected chi connectivity index (χ1v) is 8.83. The lowest BCUT2D eigenvalue weighted by Crippen LogP contribution is -2.35. The van der Waals surface area contributed by atoms with Gasteiger partial charge in [0, 0.05) is 20.1 Å². The van der Waals surface area contributed by atoms with Crippen molar-refractivity contribution in [1.82, 2.24) is 9.80 Å². The lowest BCUT2D eigenvalue weighted by atomic mass is 10.0. The molecule has 0 radical (unpaired) electrons. The summed E-state index contributed by atoms with van der Waals surface area (Å²) in [5, 5.41) is 0. The van der Waals surface area contributed by atoms with Crippen LogP contribution in [-0.4, -0.2) is 48.9 Å². The van der Waals surface area contributed by atoms with Gasteiger partial charge in [-0.3, -0.25) is 4.79 Å². The standard InChI is InChI=1S/C21H26N2O/c1-22(15-16-23-13-5-6-14-23)21(24)17-18-9-11-20(12-10-18)19-7-3-2-4-8-19/h2-4,7-12H,5-6,13-17H2,1H3. The number of benzene rings is 2. The normalized spacial score (nSPS) is 14.7. The van der Waals surface area contributed by atoms with Crippen molar-refractivity contribution in [3.05, 3.63) is 60.2 Å². The molecule has 3 rings (SSSR count). The van der Waals surface area contributed by atoms with Crippen molar-refractivity contribution in [3.8, 4) is 11.1 Å². The molecule has 2 aromatic rings. The minimum atomic E-state index is 0.196. The van der Waals surface area contributed by atoms with Gasteiger partial charge in [0.25, 0.3) is 0 Å². The molecule has 1 fully saturated rings. The summed E-state index contributed by atoms with van der Waals surface area (Å²) in [6.07, 6.45) is 3.07. The molecule has 1 amide bonds. The molecule has 0 saturated carbocycles. The van der Waals surface area contributed by atoms with E-state index in [4.69, 9.17) is 0 Å². The van der Waals surface area contributed by atoms with E-state index in [9.17, 15) is 4.79 Å². The average molecular weight is 322 g/mol. The van der Waals surface area contributed by atoms with Crippen LogP contribution in [0.1, 0.15) is 18.4 Å². The monoisotopic (exact) mass is 322 g/mol. The summed E-state index contributed by atoms with van der Waals surface area (Å²) < 4.78 is 0. The second-order valence-electron chi connectivity index (χ2n) is 6.60. The molecule has 0 N–H and O–H groups in total. The van der Waals surface area contributed by atoms with Crippen molar-refractivity contribution < 1.29 is 4.79 Å². The van der Waals surface area contributed by atoms with E-state index < -0.39 is 0 Å². The molecule has 0 aliphatic carbocycles. The average Bonchev–Trinajstić information content (AvgIpc) is 3.14. The van der Waals surface area contributed by atoms with Crippen molar-refractivity contribution in [2.75, 3.05) is 33.2 Å². The minimum Gasteiger partial charge on any atom is -0.344 e. The topological polar surface area (TPSA) is 23.6 Å². The zero-order chi connectivity index (χ0) is 16.8. The van der Waals surface area contributed by atoms with Gasteiger partial charge in [0.1, 0.15) is 0 Å². The number of carbonyl (C=O) groups is 1. The van der Waals surface area contributed by atoms with Crippen LogP contribution in [0, 0.1) is 0 Å². The Morgan fingerprint density at radius 2 is 1.58 bits per heavy atom. The van der Waals surface area contributed by atoms with Crippen LogP contribution < -0.4 is 0 Å². The molecule has 126 valence electrons. The molecular weight excluding hydrogens is 296 g/mol. The quantitative estimate of drug-likeness (QED) is 0.813. The van der Waals surface area contributed by atoms with Gasteiger partial charge < -0.3 is 9.80 Å². The number of carbonyl (C=O) groups excluding carboxylic acids is 1. The van der Waals surface area contributed by atoms with Crippen molar-refractivity contribution in [2.24, 2.45) is 0 Å². The number of hydrogen-bond acceptors (Lipinski definition) is 2. The van der Waals surface area contributed by atoms with Gasteiger partial charge in [-0.25, -0.2) is 0 Å². The van der Waals surface area contributed by atoms with Gasteiger partial charge in [0.2, 0.25) is 5.91 Å². The molecule has 1 saturated heterocycles. The number of nitrogens with zero attached hydrogens (tertiary/aromatic N) is 2. The van der Waals surface area contributed by atoms with Crippen LogP contribution in [0.25, 0.3) is 11.1 Å². The molecule has 0 bridgehead atoms. The fourth-order valence-corrected chi connectivity index (χ4v) is 3.18. The highest BCUT2D eigenvalue weighted by molar-refractivity contribution is 5.78. The van der Waals surface area contributed by atoms with Crippen LogP contribution in [0.2, 0.25) is 0 Å². The summed E-state index contributed by atoms with van der Waals surface area (Å²) in [5.74, 6) is 0.196. The van der Waals surface area contributed by atoms with Gasteiger partial charge in [-0.2, -0.15) is 0 Å². The van der Waals surface area contributed by atoms with Gasteiger partial charge in [0.15, 0.2) is 0 Å². The third-order valence-electron chi connectivity index (χ3n) is 4.79. The minimum absolute atomic E-state index is 0.196. The molecule has 24 heavy (non-hydrogen) atoms. The maximum Gasteiger partial charge on any atom is 0.226 e. The molecule has 0 spiro atoms. The zero-order valence-corrected chi connectivity index (χ0v) is 14.4. The Hall–Kier alpha value is -2.13. The van der Waals surface area contributed by atoms with E-state index in [1.807, 2.05) is 30.1 Å². The second-order valence-corrected chi connectivity index (χ2v) is 6.60. The maximum absolute atomic E-state index is 12.4. The molecule has 1 aliphatic rings. The van der Waals surface area contributed by atoms with E-state index >= 15 is 0 Å². The summed E-state index contributed by atoms with van der Waals surface area (Å²) in [6, 6.07) is 18.6. The Morgan fingerprint density at radius 3 is 2.25 bits per heavy atom. The molecule has 0 aromatic heterocycles. The number of likely N-dealkylation sites (N-methyl/N-ethyl adjacent to an activating group) is 1. The molecule has 3 heteroatoms.